The van der Waals surface area contributed by atoms with Gasteiger partial charge in [-0.15, -0.1) is 5.10 Å². The third-order valence-electron chi connectivity index (χ3n) is 2.92. The van der Waals surface area contributed by atoms with Crippen molar-refractivity contribution in [3.05, 3.63) is 41.7 Å². The maximum absolute atomic E-state index is 11.8. The van der Waals surface area contributed by atoms with Crippen LogP contribution in [0.1, 0.15) is 31.7 Å². The number of aromatic nitrogens is 3. The number of rotatable bonds is 7. The molecular weight excluding hydrogens is 296 g/mol. The SMILES string of the molecule is CCCNC(=O)C(C)Sc1n[nH]c(/C=C/c2ccccc2)n1. The van der Waals surface area contributed by atoms with Crippen LogP contribution >= 0.6 is 11.8 Å². The van der Waals surface area contributed by atoms with Crippen molar-refractivity contribution in [2.75, 3.05) is 6.54 Å². The van der Waals surface area contributed by atoms with Crippen molar-refractivity contribution in [1.29, 1.82) is 0 Å². The summed E-state index contributed by atoms with van der Waals surface area (Å²) in [4.78, 5) is 16.2. The molecule has 1 unspecified atom stereocenters. The molecule has 1 heterocycles. The second-order valence-electron chi connectivity index (χ2n) is 4.80. The van der Waals surface area contributed by atoms with Crippen molar-refractivity contribution in [3.63, 3.8) is 0 Å². The number of nitrogens with one attached hydrogen (secondary N) is 2. The van der Waals surface area contributed by atoms with Crippen LogP contribution < -0.4 is 5.32 Å². The molecule has 0 bridgehead atoms. The van der Waals surface area contributed by atoms with E-state index >= 15 is 0 Å². The lowest BCUT2D eigenvalue weighted by molar-refractivity contribution is -0.120. The van der Waals surface area contributed by atoms with Gasteiger partial charge in [0.1, 0.15) is 5.82 Å². The summed E-state index contributed by atoms with van der Waals surface area (Å²) >= 11 is 1.35. The van der Waals surface area contributed by atoms with Crippen molar-refractivity contribution >= 4 is 29.8 Å². The molecule has 2 rings (SSSR count). The zero-order valence-electron chi connectivity index (χ0n) is 12.7. The second-order valence-corrected chi connectivity index (χ2v) is 6.11. The summed E-state index contributed by atoms with van der Waals surface area (Å²) in [5, 5.41) is 10.2. The summed E-state index contributed by atoms with van der Waals surface area (Å²) in [5.41, 5.74) is 1.10. The molecule has 0 saturated heterocycles. The zero-order valence-corrected chi connectivity index (χ0v) is 13.6. The van der Waals surface area contributed by atoms with E-state index in [1.165, 1.54) is 11.8 Å². The van der Waals surface area contributed by atoms with E-state index in [1.54, 1.807) is 0 Å². The highest BCUT2D eigenvalue weighted by Gasteiger charge is 2.16. The van der Waals surface area contributed by atoms with E-state index in [4.69, 9.17) is 0 Å². The van der Waals surface area contributed by atoms with Gasteiger partial charge in [-0.25, -0.2) is 4.98 Å². The molecule has 22 heavy (non-hydrogen) atoms. The quantitative estimate of drug-likeness (QED) is 0.770. The van der Waals surface area contributed by atoms with Crippen LogP contribution in [0.4, 0.5) is 0 Å². The van der Waals surface area contributed by atoms with Crippen molar-refractivity contribution in [3.8, 4) is 0 Å². The second kappa shape index (κ2) is 8.38. The lowest BCUT2D eigenvalue weighted by atomic mass is 10.2. The van der Waals surface area contributed by atoms with E-state index in [0.717, 1.165) is 12.0 Å². The third-order valence-corrected chi connectivity index (χ3v) is 3.88. The highest BCUT2D eigenvalue weighted by Crippen LogP contribution is 2.19. The number of hydrogen-bond donors (Lipinski definition) is 2. The van der Waals surface area contributed by atoms with E-state index in [2.05, 4.69) is 20.5 Å². The van der Waals surface area contributed by atoms with Gasteiger partial charge >= 0.3 is 0 Å². The van der Waals surface area contributed by atoms with Crippen LogP contribution in [-0.4, -0.2) is 32.9 Å². The van der Waals surface area contributed by atoms with Crippen LogP contribution in [0, 0.1) is 0 Å². The fraction of sp³-hybridized carbons (Fsp3) is 0.312. The molecule has 2 N–H and O–H groups in total. The van der Waals surface area contributed by atoms with Gasteiger partial charge in [-0.05, 0) is 25.0 Å². The molecule has 6 heteroatoms. The van der Waals surface area contributed by atoms with E-state index in [-0.39, 0.29) is 11.2 Å². The number of thioether (sulfide) groups is 1. The first-order valence-electron chi connectivity index (χ1n) is 7.29. The highest BCUT2D eigenvalue weighted by atomic mass is 32.2. The normalized spacial score (nSPS) is 12.5. The number of benzene rings is 1. The predicted octanol–water partition coefficient (Wildman–Crippen LogP) is 2.98. The maximum atomic E-state index is 11.8. The summed E-state index contributed by atoms with van der Waals surface area (Å²) in [6.07, 6.45) is 4.76. The molecule has 116 valence electrons. The monoisotopic (exact) mass is 316 g/mol. The minimum atomic E-state index is -0.215. The maximum Gasteiger partial charge on any atom is 0.233 e. The summed E-state index contributed by atoms with van der Waals surface area (Å²) in [5.74, 6) is 0.686. The fourth-order valence-corrected chi connectivity index (χ4v) is 2.48. The molecule has 5 nitrogen and oxygen atoms in total. The lowest BCUT2D eigenvalue weighted by Crippen LogP contribution is -2.31. The van der Waals surface area contributed by atoms with Crippen molar-refractivity contribution in [2.24, 2.45) is 0 Å². The van der Waals surface area contributed by atoms with E-state index in [1.807, 2.05) is 56.3 Å². The van der Waals surface area contributed by atoms with Crippen LogP contribution in [0.5, 0.6) is 0 Å². The van der Waals surface area contributed by atoms with Crippen LogP contribution in [0.25, 0.3) is 12.2 Å². The highest BCUT2D eigenvalue weighted by molar-refractivity contribution is 8.00. The molecule has 0 aliphatic rings. The van der Waals surface area contributed by atoms with Gasteiger partial charge in [0.15, 0.2) is 0 Å². The molecule has 0 aliphatic heterocycles. The minimum Gasteiger partial charge on any atom is -0.355 e. The van der Waals surface area contributed by atoms with Crippen LogP contribution in [0.3, 0.4) is 0 Å². The van der Waals surface area contributed by atoms with Gasteiger partial charge in [-0.2, -0.15) is 0 Å². The summed E-state index contributed by atoms with van der Waals surface area (Å²) < 4.78 is 0. The van der Waals surface area contributed by atoms with Crippen molar-refractivity contribution < 1.29 is 4.79 Å². The van der Waals surface area contributed by atoms with Crippen LogP contribution in [0.2, 0.25) is 0 Å². The predicted molar refractivity (Wildman–Crippen MR) is 90.4 cm³/mol. The van der Waals surface area contributed by atoms with Gasteiger partial charge < -0.3 is 5.32 Å². The molecule has 0 fully saturated rings. The number of H-pyrrole nitrogens is 1. The Morgan fingerprint density at radius 3 is 2.86 bits per heavy atom. The molecular formula is C16H20N4OS. The van der Waals surface area contributed by atoms with Gasteiger partial charge in [0, 0.05) is 6.54 Å². The number of hydrogen-bond acceptors (Lipinski definition) is 4. The first-order valence-corrected chi connectivity index (χ1v) is 8.17. The molecule has 0 saturated carbocycles. The number of carbonyl (C=O) groups excluding carboxylic acids is 1. The first-order chi connectivity index (χ1) is 10.7. The van der Waals surface area contributed by atoms with Gasteiger partial charge in [-0.1, -0.05) is 55.1 Å². The Morgan fingerprint density at radius 2 is 2.14 bits per heavy atom. The molecule has 1 aromatic carbocycles. The van der Waals surface area contributed by atoms with E-state index in [0.29, 0.717) is 17.5 Å². The largest absolute Gasteiger partial charge is 0.355 e. The first kappa shape index (κ1) is 16.3. The Labute approximate surface area is 134 Å². The van der Waals surface area contributed by atoms with E-state index < -0.39 is 0 Å². The molecule has 1 amide bonds. The third kappa shape index (κ3) is 5.04. The number of amides is 1. The molecule has 0 radical (unpaired) electrons. The smallest absolute Gasteiger partial charge is 0.233 e. The molecule has 0 aliphatic carbocycles. The Hall–Kier alpha value is -2.08. The van der Waals surface area contributed by atoms with Crippen LogP contribution in [0.15, 0.2) is 35.5 Å². The summed E-state index contributed by atoms with van der Waals surface area (Å²) in [6.45, 7) is 4.58. The molecule has 2 aromatic rings. The van der Waals surface area contributed by atoms with Gasteiger partial charge in [0.25, 0.3) is 0 Å². The summed E-state index contributed by atoms with van der Waals surface area (Å²) in [6, 6.07) is 9.98. The summed E-state index contributed by atoms with van der Waals surface area (Å²) in [7, 11) is 0. The standard InChI is InChI=1S/C16H20N4OS/c1-3-11-17-15(21)12(2)22-16-18-14(19-20-16)10-9-13-7-5-4-6-8-13/h4-10,12H,3,11H2,1-2H3,(H,17,21)(H,18,19,20)/b10-9+. The van der Waals surface area contributed by atoms with Crippen LogP contribution in [-0.2, 0) is 4.79 Å². The zero-order chi connectivity index (χ0) is 15.8. The molecule has 1 aromatic heterocycles. The van der Waals surface area contributed by atoms with Gasteiger partial charge in [-0.3, -0.25) is 9.89 Å². The molecule has 1 atom stereocenters. The average molecular weight is 316 g/mol. The Bertz CT molecular complexity index is 624. The molecule has 0 spiro atoms. The Kier molecular flexibility index (Phi) is 6.21. The average Bonchev–Trinajstić information content (AvgIpc) is 2.99. The topological polar surface area (TPSA) is 70.7 Å². The number of aromatic amines is 1. The van der Waals surface area contributed by atoms with Gasteiger partial charge in [0.05, 0.1) is 5.25 Å². The number of nitrogens with zero attached hydrogens (tertiary/aromatic N) is 2. The number of carbonyl (C=O) groups is 1. The Morgan fingerprint density at radius 1 is 1.36 bits per heavy atom. The Balaban J connectivity index is 1.91. The fourth-order valence-electron chi connectivity index (χ4n) is 1.73. The van der Waals surface area contributed by atoms with Crippen molar-refractivity contribution in [2.45, 2.75) is 30.7 Å². The van der Waals surface area contributed by atoms with E-state index in [9.17, 15) is 4.79 Å². The lowest BCUT2D eigenvalue weighted by Gasteiger charge is -2.08. The minimum absolute atomic E-state index is 0.0121. The van der Waals surface area contributed by atoms with Gasteiger partial charge in [0.2, 0.25) is 11.1 Å². The van der Waals surface area contributed by atoms with Crippen molar-refractivity contribution in [1.82, 2.24) is 20.5 Å².